The molecule has 1 unspecified atom stereocenters. The Hall–Kier alpha value is -1.79. The van der Waals surface area contributed by atoms with Crippen LogP contribution in [-0.2, 0) is 4.79 Å². The van der Waals surface area contributed by atoms with Crippen LogP contribution in [0.15, 0.2) is 24.3 Å². The fraction of sp³-hybridized carbons (Fsp3) is 0.533. The van der Waals surface area contributed by atoms with Crippen molar-refractivity contribution in [2.45, 2.75) is 13.0 Å². The first kappa shape index (κ1) is 15.6. The van der Waals surface area contributed by atoms with Gasteiger partial charge in [0.05, 0.1) is 12.7 Å². The van der Waals surface area contributed by atoms with Gasteiger partial charge in [-0.1, -0.05) is 0 Å². The zero-order valence-electron chi connectivity index (χ0n) is 12.3. The number of nitrogens with one attached hydrogen (secondary N) is 1. The predicted molar refractivity (Wildman–Crippen MR) is 82.5 cm³/mol. The molecule has 0 radical (unpaired) electrons. The summed E-state index contributed by atoms with van der Waals surface area (Å²) in [4.78, 5) is 15.4. The molecule has 0 bridgehead atoms. The Balaban J connectivity index is 1.86. The molecule has 1 fully saturated rings. The summed E-state index contributed by atoms with van der Waals surface area (Å²) in [6.07, 6.45) is -0.746. The molecule has 116 valence electrons. The van der Waals surface area contributed by atoms with E-state index in [1.165, 1.54) is 0 Å². The van der Waals surface area contributed by atoms with E-state index in [2.05, 4.69) is 10.2 Å². The molecular formula is C15H23N3O3. The highest BCUT2D eigenvalue weighted by molar-refractivity contribution is 5.73. The van der Waals surface area contributed by atoms with Gasteiger partial charge in [-0.15, -0.1) is 0 Å². The summed E-state index contributed by atoms with van der Waals surface area (Å²) in [6.45, 7) is 4.90. The lowest BCUT2D eigenvalue weighted by atomic mass is 10.2. The lowest BCUT2D eigenvalue weighted by molar-refractivity contribution is -0.129. The van der Waals surface area contributed by atoms with Gasteiger partial charge in [-0.05, 0) is 24.3 Å². The number of amides is 1. The van der Waals surface area contributed by atoms with Crippen molar-refractivity contribution in [2.24, 2.45) is 0 Å². The van der Waals surface area contributed by atoms with Crippen molar-refractivity contribution in [1.82, 2.24) is 4.90 Å². The van der Waals surface area contributed by atoms with E-state index in [1.54, 1.807) is 6.92 Å². The molecule has 1 atom stereocenters. The fourth-order valence-corrected chi connectivity index (χ4v) is 2.37. The highest BCUT2D eigenvalue weighted by Gasteiger charge is 2.18. The molecule has 1 saturated heterocycles. The first-order chi connectivity index (χ1) is 10.1. The average molecular weight is 293 g/mol. The fourth-order valence-electron chi connectivity index (χ4n) is 2.37. The number of hydrogen-bond donors (Lipinski definition) is 3. The zero-order chi connectivity index (χ0) is 15.2. The summed E-state index contributed by atoms with van der Waals surface area (Å²) in [5.41, 5.74) is 2.04. The SMILES string of the molecule is CC(=O)N1CCN(c2ccc(NCC(O)CO)cc2)CC1. The second-order valence-corrected chi connectivity index (χ2v) is 5.26. The molecule has 1 aromatic rings. The number of rotatable bonds is 5. The van der Waals surface area contributed by atoms with E-state index in [0.717, 1.165) is 37.6 Å². The number of benzene rings is 1. The van der Waals surface area contributed by atoms with Gasteiger partial charge in [-0.3, -0.25) is 4.79 Å². The second kappa shape index (κ2) is 7.28. The number of carbonyl (C=O) groups excluding carboxylic acids is 1. The minimum atomic E-state index is -0.746. The quantitative estimate of drug-likeness (QED) is 0.719. The van der Waals surface area contributed by atoms with Crippen LogP contribution in [0.2, 0.25) is 0 Å². The highest BCUT2D eigenvalue weighted by atomic mass is 16.3. The number of aliphatic hydroxyl groups excluding tert-OH is 2. The molecule has 0 saturated carbocycles. The monoisotopic (exact) mass is 293 g/mol. The maximum atomic E-state index is 11.3. The second-order valence-electron chi connectivity index (χ2n) is 5.26. The molecule has 0 aliphatic carbocycles. The molecule has 6 heteroatoms. The third-order valence-corrected chi connectivity index (χ3v) is 3.71. The predicted octanol–water partition coefficient (Wildman–Crippen LogP) is 0.120. The minimum Gasteiger partial charge on any atom is -0.394 e. The molecule has 1 aliphatic rings. The van der Waals surface area contributed by atoms with E-state index >= 15 is 0 Å². The number of piperazine rings is 1. The third-order valence-electron chi connectivity index (χ3n) is 3.71. The van der Waals surface area contributed by atoms with E-state index in [-0.39, 0.29) is 12.5 Å². The van der Waals surface area contributed by atoms with Crippen molar-refractivity contribution in [3.8, 4) is 0 Å². The van der Waals surface area contributed by atoms with Gasteiger partial charge < -0.3 is 25.3 Å². The first-order valence-corrected chi connectivity index (χ1v) is 7.23. The number of hydrogen-bond acceptors (Lipinski definition) is 5. The van der Waals surface area contributed by atoms with Gasteiger partial charge in [-0.2, -0.15) is 0 Å². The summed E-state index contributed by atoms with van der Waals surface area (Å²) in [6, 6.07) is 7.96. The Bertz CT molecular complexity index is 456. The molecule has 3 N–H and O–H groups in total. The van der Waals surface area contributed by atoms with Crippen LogP contribution in [0.3, 0.4) is 0 Å². The molecule has 0 aromatic heterocycles. The van der Waals surface area contributed by atoms with Crippen LogP contribution in [-0.4, -0.2) is 66.5 Å². The molecule has 1 aliphatic heterocycles. The standard InChI is InChI=1S/C15H23N3O3/c1-12(20)17-6-8-18(9-7-17)14-4-2-13(3-5-14)16-10-15(21)11-19/h2-5,15-16,19,21H,6-11H2,1H3. The Morgan fingerprint density at radius 1 is 1.24 bits per heavy atom. The number of nitrogens with zero attached hydrogens (tertiary/aromatic N) is 2. The van der Waals surface area contributed by atoms with Crippen molar-refractivity contribution in [3.63, 3.8) is 0 Å². The van der Waals surface area contributed by atoms with Gasteiger partial charge in [0.1, 0.15) is 0 Å². The summed E-state index contributed by atoms with van der Waals surface area (Å²) < 4.78 is 0. The van der Waals surface area contributed by atoms with Crippen molar-refractivity contribution in [3.05, 3.63) is 24.3 Å². The first-order valence-electron chi connectivity index (χ1n) is 7.23. The normalized spacial score (nSPS) is 16.7. The minimum absolute atomic E-state index is 0.136. The lowest BCUT2D eigenvalue weighted by Crippen LogP contribution is -2.48. The Labute approximate surface area is 125 Å². The largest absolute Gasteiger partial charge is 0.394 e. The van der Waals surface area contributed by atoms with Crippen LogP contribution in [0.1, 0.15) is 6.92 Å². The number of aliphatic hydroxyl groups is 2. The van der Waals surface area contributed by atoms with Gasteiger partial charge in [0.15, 0.2) is 0 Å². The third kappa shape index (κ3) is 4.34. The Morgan fingerprint density at radius 2 is 1.86 bits per heavy atom. The van der Waals surface area contributed by atoms with Crippen molar-refractivity contribution in [2.75, 3.05) is 49.5 Å². The molecular weight excluding hydrogens is 270 g/mol. The van der Waals surface area contributed by atoms with Crippen LogP contribution >= 0.6 is 0 Å². The maximum Gasteiger partial charge on any atom is 0.219 e. The lowest BCUT2D eigenvalue weighted by Gasteiger charge is -2.35. The smallest absolute Gasteiger partial charge is 0.219 e. The molecule has 0 spiro atoms. The van der Waals surface area contributed by atoms with E-state index in [1.807, 2.05) is 29.2 Å². The van der Waals surface area contributed by atoms with E-state index in [9.17, 15) is 9.90 Å². The van der Waals surface area contributed by atoms with Crippen LogP contribution in [0.25, 0.3) is 0 Å². The molecule has 2 rings (SSSR count). The summed E-state index contributed by atoms with van der Waals surface area (Å²) in [5.74, 6) is 0.136. The molecule has 1 aromatic carbocycles. The average Bonchev–Trinajstić information content (AvgIpc) is 2.53. The van der Waals surface area contributed by atoms with Gasteiger partial charge in [0.25, 0.3) is 0 Å². The Morgan fingerprint density at radius 3 is 2.38 bits per heavy atom. The van der Waals surface area contributed by atoms with E-state index in [0.29, 0.717) is 6.54 Å². The van der Waals surface area contributed by atoms with Crippen LogP contribution in [0.5, 0.6) is 0 Å². The van der Waals surface area contributed by atoms with Gasteiger partial charge in [0.2, 0.25) is 5.91 Å². The summed E-state index contributed by atoms with van der Waals surface area (Å²) in [5, 5.41) is 21.1. The summed E-state index contributed by atoms with van der Waals surface area (Å²) >= 11 is 0. The molecule has 21 heavy (non-hydrogen) atoms. The van der Waals surface area contributed by atoms with Crippen molar-refractivity contribution < 1.29 is 15.0 Å². The Kier molecular flexibility index (Phi) is 5.41. The number of carbonyl (C=O) groups is 1. The zero-order valence-corrected chi connectivity index (χ0v) is 12.3. The van der Waals surface area contributed by atoms with Gasteiger partial charge in [-0.25, -0.2) is 0 Å². The van der Waals surface area contributed by atoms with Crippen LogP contribution in [0, 0.1) is 0 Å². The molecule has 1 heterocycles. The van der Waals surface area contributed by atoms with Crippen LogP contribution in [0.4, 0.5) is 11.4 Å². The van der Waals surface area contributed by atoms with Gasteiger partial charge >= 0.3 is 0 Å². The number of anilines is 2. The maximum absolute atomic E-state index is 11.3. The van der Waals surface area contributed by atoms with Gasteiger partial charge in [0, 0.05) is 51.0 Å². The van der Waals surface area contributed by atoms with E-state index in [4.69, 9.17) is 5.11 Å². The van der Waals surface area contributed by atoms with Crippen molar-refractivity contribution >= 4 is 17.3 Å². The van der Waals surface area contributed by atoms with Crippen LogP contribution < -0.4 is 10.2 Å². The molecule has 1 amide bonds. The highest BCUT2D eigenvalue weighted by Crippen LogP contribution is 2.19. The molecule has 6 nitrogen and oxygen atoms in total. The van der Waals surface area contributed by atoms with Crippen molar-refractivity contribution in [1.29, 1.82) is 0 Å². The topological polar surface area (TPSA) is 76.0 Å². The van der Waals surface area contributed by atoms with E-state index < -0.39 is 6.10 Å². The summed E-state index contributed by atoms with van der Waals surface area (Å²) in [7, 11) is 0.